The van der Waals surface area contributed by atoms with Crippen LogP contribution in [0.15, 0.2) is 34.8 Å². The standard InChI is InChI=1S/C6H5Br.2BF4/c7-6-4-2-1-3-5-6;2*2-1(3,4)5/h1-5H;;/q;2*-1. The van der Waals surface area contributed by atoms with Crippen LogP contribution in [0.2, 0.25) is 0 Å². The first-order chi connectivity index (χ1) is 7.39. The third kappa shape index (κ3) is 50.9. The van der Waals surface area contributed by atoms with Crippen LogP contribution in [0.5, 0.6) is 0 Å². The first-order valence-corrected chi connectivity index (χ1v) is 4.64. The summed E-state index contributed by atoms with van der Waals surface area (Å²) in [4.78, 5) is 0. The molecule has 1 aromatic carbocycles. The van der Waals surface area contributed by atoms with Crippen LogP contribution in [0.1, 0.15) is 0 Å². The van der Waals surface area contributed by atoms with E-state index < -0.39 is 14.5 Å². The Kier molecular flexibility index (Phi) is 9.18. The van der Waals surface area contributed by atoms with Gasteiger partial charge in [0.2, 0.25) is 0 Å². The highest BCUT2D eigenvalue weighted by atomic mass is 79.9. The summed E-state index contributed by atoms with van der Waals surface area (Å²) in [7, 11) is -12.0. The third-order valence-corrected chi connectivity index (χ3v) is 1.26. The highest BCUT2D eigenvalue weighted by molar-refractivity contribution is 9.10. The van der Waals surface area contributed by atoms with Crippen molar-refractivity contribution in [2.24, 2.45) is 0 Å². The molecule has 17 heavy (non-hydrogen) atoms. The molecular formula is C6H5B2BrF8-2. The molecule has 0 nitrogen and oxygen atoms in total. The van der Waals surface area contributed by atoms with E-state index in [1.165, 1.54) is 0 Å². The zero-order valence-electron chi connectivity index (χ0n) is 7.94. The minimum absolute atomic E-state index is 1.13. The summed E-state index contributed by atoms with van der Waals surface area (Å²) in [6, 6.07) is 9.97. The molecule has 0 aliphatic rings. The summed E-state index contributed by atoms with van der Waals surface area (Å²) in [5.41, 5.74) is 0. The Labute approximate surface area is 100 Å². The highest BCUT2D eigenvalue weighted by Gasteiger charge is 2.21. The molecule has 0 aliphatic carbocycles. The van der Waals surface area contributed by atoms with Crippen LogP contribution < -0.4 is 0 Å². The molecule has 1 aromatic rings. The fourth-order valence-electron chi connectivity index (χ4n) is 0.415. The Hall–Kier alpha value is -0.730. The van der Waals surface area contributed by atoms with Crippen LogP contribution in [0.4, 0.5) is 34.5 Å². The van der Waals surface area contributed by atoms with Gasteiger partial charge < -0.3 is 34.5 Å². The van der Waals surface area contributed by atoms with E-state index in [1.807, 2.05) is 30.3 Å². The lowest BCUT2D eigenvalue weighted by Gasteiger charge is -1.94. The van der Waals surface area contributed by atoms with Crippen molar-refractivity contribution < 1.29 is 34.5 Å². The van der Waals surface area contributed by atoms with Gasteiger partial charge in [-0.25, -0.2) is 0 Å². The average Bonchev–Trinajstić information content (AvgIpc) is 1.98. The van der Waals surface area contributed by atoms with Crippen molar-refractivity contribution >= 4 is 30.4 Å². The van der Waals surface area contributed by atoms with Crippen LogP contribution in [-0.2, 0) is 0 Å². The Morgan fingerprint density at radius 2 is 0.882 bits per heavy atom. The Balaban J connectivity index is 0. The van der Waals surface area contributed by atoms with Gasteiger partial charge in [0.05, 0.1) is 0 Å². The van der Waals surface area contributed by atoms with E-state index in [2.05, 4.69) is 15.9 Å². The van der Waals surface area contributed by atoms with E-state index in [0.29, 0.717) is 0 Å². The average molecular weight is 331 g/mol. The quantitative estimate of drug-likeness (QED) is 0.461. The van der Waals surface area contributed by atoms with Crippen LogP contribution in [-0.4, -0.2) is 14.5 Å². The first-order valence-electron chi connectivity index (χ1n) is 3.85. The van der Waals surface area contributed by atoms with Gasteiger partial charge in [0.25, 0.3) is 0 Å². The van der Waals surface area contributed by atoms with Crippen LogP contribution in [0.3, 0.4) is 0 Å². The van der Waals surface area contributed by atoms with Gasteiger partial charge in [-0.05, 0) is 12.1 Å². The van der Waals surface area contributed by atoms with Gasteiger partial charge >= 0.3 is 14.5 Å². The van der Waals surface area contributed by atoms with Gasteiger partial charge in [-0.15, -0.1) is 0 Å². The minimum Gasteiger partial charge on any atom is -0.418 e. The number of benzene rings is 1. The maximum atomic E-state index is 9.75. The fraction of sp³-hybridized carbons (Fsp3) is 0. The molecule has 0 heterocycles. The predicted octanol–water partition coefficient (Wildman–Crippen LogP) is 5.05. The molecule has 0 aliphatic heterocycles. The minimum atomic E-state index is -6.00. The van der Waals surface area contributed by atoms with E-state index >= 15 is 0 Å². The van der Waals surface area contributed by atoms with Crippen molar-refractivity contribution in [2.45, 2.75) is 0 Å². The van der Waals surface area contributed by atoms with Gasteiger partial charge in [-0.1, -0.05) is 34.1 Å². The molecule has 0 bridgehead atoms. The Bertz CT molecular complexity index is 260. The molecule has 0 atom stereocenters. The molecule has 0 aromatic heterocycles. The van der Waals surface area contributed by atoms with Crippen molar-refractivity contribution in [3.63, 3.8) is 0 Å². The zero-order valence-corrected chi connectivity index (χ0v) is 9.53. The van der Waals surface area contributed by atoms with Gasteiger partial charge in [-0.2, -0.15) is 0 Å². The predicted molar refractivity (Wildman–Crippen MR) is 54.5 cm³/mol. The van der Waals surface area contributed by atoms with Crippen molar-refractivity contribution in [3.05, 3.63) is 34.8 Å². The van der Waals surface area contributed by atoms with Crippen molar-refractivity contribution in [1.82, 2.24) is 0 Å². The maximum Gasteiger partial charge on any atom is 0.673 e. The molecule has 0 saturated carbocycles. The zero-order chi connectivity index (χ0) is 14.1. The van der Waals surface area contributed by atoms with Crippen molar-refractivity contribution in [3.8, 4) is 0 Å². The summed E-state index contributed by atoms with van der Waals surface area (Å²) in [5.74, 6) is 0. The molecule has 0 radical (unpaired) electrons. The highest BCUT2D eigenvalue weighted by Crippen LogP contribution is 2.07. The molecule has 0 fully saturated rings. The normalized spacial score (nSPS) is 10.6. The largest absolute Gasteiger partial charge is 0.673 e. The number of rotatable bonds is 0. The van der Waals surface area contributed by atoms with Crippen molar-refractivity contribution in [1.29, 1.82) is 0 Å². The molecule has 1 rings (SSSR count). The molecule has 0 amide bonds. The topological polar surface area (TPSA) is 0 Å². The summed E-state index contributed by atoms with van der Waals surface area (Å²) in [6.45, 7) is 0. The SMILES string of the molecule is Brc1ccccc1.F[B-](F)(F)F.F[B-](F)(F)F. The van der Waals surface area contributed by atoms with Crippen LogP contribution in [0.25, 0.3) is 0 Å². The fourth-order valence-corrected chi connectivity index (χ4v) is 0.720. The lowest BCUT2D eigenvalue weighted by molar-refractivity contribution is 0.366. The van der Waals surface area contributed by atoms with Gasteiger partial charge in [0, 0.05) is 4.47 Å². The maximum absolute atomic E-state index is 9.75. The number of hydrogen-bond donors (Lipinski definition) is 0. The van der Waals surface area contributed by atoms with E-state index in [0.717, 1.165) is 4.47 Å². The van der Waals surface area contributed by atoms with E-state index in [1.54, 1.807) is 0 Å². The lowest BCUT2D eigenvalue weighted by atomic mass is 10.3. The molecule has 0 spiro atoms. The smallest absolute Gasteiger partial charge is 0.418 e. The first kappa shape index (κ1) is 18.6. The molecular weight excluding hydrogens is 326 g/mol. The molecule has 0 N–H and O–H groups in total. The second-order valence-electron chi connectivity index (χ2n) is 2.29. The number of hydrogen-bond acceptors (Lipinski definition) is 0. The summed E-state index contributed by atoms with van der Waals surface area (Å²) >= 11 is 3.31. The van der Waals surface area contributed by atoms with Gasteiger partial charge in [0.1, 0.15) is 0 Å². The monoisotopic (exact) mass is 330 g/mol. The van der Waals surface area contributed by atoms with E-state index in [4.69, 9.17) is 0 Å². The lowest BCUT2D eigenvalue weighted by Crippen LogP contribution is -2.02. The Morgan fingerprint density at radius 3 is 1.00 bits per heavy atom. The summed E-state index contributed by atoms with van der Waals surface area (Å²) in [5, 5.41) is 0. The Morgan fingerprint density at radius 1 is 0.647 bits per heavy atom. The summed E-state index contributed by atoms with van der Waals surface area (Å²) < 4.78 is 79.1. The molecule has 0 saturated heterocycles. The van der Waals surface area contributed by atoms with E-state index in [-0.39, 0.29) is 0 Å². The van der Waals surface area contributed by atoms with Crippen LogP contribution in [0, 0.1) is 0 Å². The molecule has 0 unspecified atom stereocenters. The second kappa shape index (κ2) is 8.37. The van der Waals surface area contributed by atoms with Crippen LogP contribution >= 0.6 is 15.9 Å². The molecule has 11 heteroatoms. The third-order valence-electron chi connectivity index (χ3n) is 0.733. The number of halogens is 9. The van der Waals surface area contributed by atoms with Gasteiger partial charge in [0.15, 0.2) is 0 Å². The van der Waals surface area contributed by atoms with E-state index in [9.17, 15) is 34.5 Å². The van der Waals surface area contributed by atoms with Gasteiger partial charge in [-0.3, -0.25) is 0 Å². The summed E-state index contributed by atoms with van der Waals surface area (Å²) in [6.07, 6.45) is 0. The van der Waals surface area contributed by atoms with Crippen molar-refractivity contribution in [2.75, 3.05) is 0 Å². The molecule has 100 valence electrons. The second-order valence-corrected chi connectivity index (χ2v) is 3.20.